The van der Waals surface area contributed by atoms with Crippen LogP contribution in [0.2, 0.25) is 0 Å². The van der Waals surface area contributed by atoms with E-state index in [0.29, 0.717) is 23.2 Å². The molecule has 112 valence electrons. The number of hydrogen-bond donors (Lipinski definition) is 1. The fourth-order valence-electron chi connectivity index (χ4n) is 2.30. The van der Waals surface area contributed by atoms with Crippen LogP contribution in [0, 0.1) is 0 Å². The van der Waals surface area contributed by atoms with E-state index in [0.717, 1.165) is 5.56 Å². The van der Waals surface area contributed by atoms with Gasteiger partial charge in [-0.2, -0.15) is 8.78 Å². The van der Waals surface area contributed by atoms with E-state index in [4.69, 9.17) is 4.74 Å². The number of benzene rings is 1. The topological polar surface area (TPSA) is 21.3 Å². The summed E-state index contributed by atoms with van der Waals surface area (Å²) >= 11 is 3.22. The zero-order chi connectivity index (χ0) is 14.9. The van der Waals surface area contributed by atoms with Crippen molar-refractivity contribution >= 4 is 15.9 Å². The van der Waals surface area contributed by atoms with Crippen LogP contribution in [0.25, 0.3) is 0 Å². The summed E-state index contributed by atoms with van der Waals surface area (Å²) < 4.78 is 58.9. The molecule has 7 heteroatoms. The van der Waals surface area contributed by atoms with E-state index in [1.165, 1.54) is 6.07 Å². The molecule has 20 heavy (non-hydrogen) atoms. The molecular weight excluding hydrogens is 342 g/mol. The zero-order valence-electron chi connectivity index (χ0n) is 10.7. The third kappa shape index (κ3) is 2.79. The summed E-state index contributed by atoms with van der Waals surface area (Å²) in [5.74, 6) is -3.88. The predicted octanol–water partition coefficient (Wildman–Crippen LogP) is 3.94. The summed E-state index contributed by atoms with van der Waals surface area (Å²) in [5, 5.41) is 2.45. The van der Waals surface area contributed by atoms with Crippen molar-refractivity contribution in [1.82, 2.24) is 5.32 Å². The highest BCUT2D eigenvalue weighted by atomic mass is 79.9. The SMILES string of the molecule is CCNC(c1cc(Br)cc2c1OCC2)C(F)(F)C(F)F. The molecule has 0 saturated carbocycles. The van der Waals surface area contributed by atoms with Gasteiger partial charge < -0.3 is 10.1 Å². The molecule has 0 fully saturated rings. The Morgan fingerprint density at radius 2 is 2.10 bits per heavy atom. The van der Waals surface area contributed by atoms with Crippen LogP contribution in [0.1, 0.15) is 24.1 Å². The van der Waals surface area contributed by atoms with E-state index >= 15 is 0 Å². The molecule has 0 amide bonds. The number of nitrogens with one attached hydrogen (secondary N) is 1. The summed E-state index contributed by atoms with van der Waals surface area (Å²) in [6, 6.07) is 1.39. The second-order valence-corrected chi connectivity index (χ2v) is 5.46. The minimum Gasteiger partial charge on any atom is -0.493 e. The first kappa shape index (κ1) is 15.6. The average molecular weight is 356 g/mol. The number of rotatable bonds is 5. The highest BCUT2D eigenvalue weighted by molar-refractivity contribution is 9.10. The molecule has 0 radical (unpaired) electrons. The van der Waals surface area contributed by atoms with Crippen molar-refractivity contribution in [2.45, 2.75) is 31.7 Å². The first-order valence-corrected chi connectivity index (χ1v) is 7.01. The Bertz CT molecular complexity index is 496. The second-order valence-electron chi connectivity index (χ2n) is 4.55. The standard InChI is InChI=1S/C13H14BrF4NO/c1-2-19-11(13(17,18)12(15)16)9-6-8(14)5-7-3-4-20-10(7)9/h5-6,11-12,19H,2-4H2,1H3. The average Bonchev–Trinajstić information content (AvgIpc) is 2.82. The van der Waals surface area contributed by atoms with E-state index in [9.17, 15) is 17.6 Å². The van der Waals surface area contributed by atoms with Crippen LogP contribution in [-0.4, -0.2) is 25.5 Å². The van der Waals surface area contributed by atoms with Gasteiger partial charge in [0.05, 0.1) is 6.61 Å². The van der Waals surface area contributed by atoms with Crippen LogP contribution in [0.15, 0.2) is 16.6 Å². The van der Waals surface area contributed by atoms with Gasteiger partial charge in [0.1, 0.15) is 11.8 Å². The van der Waals surface area contributed by atoms with Crippen molar-refractivity contribution in [3.8, 4) is 5.75 Å². The highest BCUT2D eigenvalue weighted by Gasteiger charge is 2.50. The molecule has 1 aliphatic rings. The highest BCUT2D eigenvalue weighted by Crippen LogP contribution is 2.44. The minimum atomic E-state index is -4.17. The van der Waals surface area contributed by atoms with Gasteiger partial charge in [0.15, 0.2) is 0 Å². The molecule has 1 N–H and O–H groups in total. The Labute approximate surface area is 122 Å². The summed E-state index contributed by atoms with van der Waals surface area (Å²) in [6.45, 7) is 2.11. The molecule has 0 saturated heterocycles. The number of alkyl halides is 4. The lowest BCUT2D eigenvalue weighted by molar-refractivity contribution is -0.151. The maximum absolute atomic E-state index is 13.8. The molecule has 1 atom stereocenters. The number of hydrogen-bond acceptors (Lipinski definition) is 2. The van der Waals surface area contributed by atoms with Crippen molar-refractivity contribution in [1.29, 1.82) is 0 Å². The predicted molar refractivity (Wildman–Crippen MR) is 70.7 cm³/mol. The summed E-state index contributed by atoms with van der Waals surface area (Å²) in [4.78, 5) is 0. The monoisotopic (exact) mass is 355 g/mol. The summed E-state index contributed by atoms with van der Waals surface area (Å²) in [5.41, 5.74) is 0.821. The lowest BCUT2D eigenvalue weighted by Gasteiger charge is -2.28. The molecule has 0 spiro atoms. The number of fused-ring (bicyclic) bond motifs is 1. The maximum atomic E-state index is 13.8. The van der Waals surface area contributed by atoms with Crippen molar-refractivity contribution in [2.75, 3.05) is 13.2 Å². The lowest BCUT2D eigenvalue weighted by atomic mass is 9.97. The Morgan fingerprint density at radius 3 is 2.70 bits per heavy atom. The van der Waals surface area contributed by atoms with Gasteiger partial charge in [-0.15, -0.1) is 0 Å². The number of halogens is 5. The molecule has 2 rings (SSSR count). The van der Waals surface area contributed by atoms with Crippen LogP contribution in [0.5, 0.6) is 5.75 Å². The van der Waals surface area contributed by atoms with Crippen LogP contribution < -0.4 is 10.1 Å². The molecule has 1 aromatic rings. The molecule has 0 bridgehead atoms. The third-order valence-electron chi connectivity index (χ3n) is 3.17. The van der Waals surface area contributed by atoms with Gasteiger partial charge >= 0.3 is 12.3 Å². The van der Waals surface area contributed by atoms with Gasteiger partial charge in [-0.25, -0.2) is 8.78 Å². The smallest absolute Gasteiger partial charge is 0.326 e. The first-order chi connectivity index (χ1) is 9.37. The van der Waals surface area contributed by atoms with Crippen molar-refractivity contribution in [3.63, 3.8) is 0 Å². The normalized spacial score (nSPS) is 16.1. The van der Waals surface area contributed by atoms with Crippen molar-refractivity contribution < 1.29 is 22.3 Å². The first-order valence-electron chi connectivity index (χ1n) is 6.22. The molecule has 0 aromatic heterocycles. The quantitative estimate of drug-likeness (QED) is 0.808. The van der Waals surface area contributed by atoms with Crippen LogP contribution in [0.3, 0.4) is 0 Å². The Morgan fingerprint density at radius 1 is 1.40 bits per heavy atom. The van der Waals surface area contributed by atoms with Gasteiger partial charge in [-0.05, 0) is 24.2 Å². The van der Waals surface area contributed by atoms with Crippen LogP contribution in [-0.2, 0) is 6.42 Å². The van der Waals surface area contributed by atoms with Crippen LogP contribution in [0.4, 0.5) is 17.6 Å². The summed E-state index contributed by atoms with van der Waals surface area (Å²) in [7, 11) is 0. The molecule has 2 nitrogen and oxygen atoms in total. The second kappa shape index (κ2) is 5.89. The minimum absolute atomic E-state index is 0.0685. The zero-order valence-corrected chi connectivity index (χ0v) is 12.3. The van der Waals surface area contributed by atoms with Gasteiger partial charge in [0, 0.05) is 16.5 Å². The Kier molecular flexibility index (Phi) is 4.59. The molecule has 1 aliphatic heterocycles. The van der Waals surface area contributed by atoms with Crippen molar-refractivity contribution in [2.24, 2.45) is 0 Å². The summed E-state index contributed by atoms with van der Waals surface area (Å²) in [6.07, 6.45) is -3.16. The Balaban J connectivity index is 2.50. The van der Waals surface area contributed by atoms with E-state index in [-0.39, 0.29) is 12.1 Å². The van der Waals surface area contributed by atoms with E-state index in [1.807, 2.05) is 0 Å². The van der Waals surface area contributed by atoms with Gasteiger partial charge in [0.25, 0.3) is 0 Å². The largest absolute Gasteiger partial charge is 0.493 e. The van der Waals surface area contributed by atoms with Gasteiger partial charge in [-0.3, -0.25) is 0 Å². The molecule has 1 heterocycles. The van der Waals surface area contributed by atoms with Crippen LogP contribution >= 0.6 is 15.9 Å². The molecule has 1 unspecified atom stereocenters. The Hall–Kier alpha value is -0.820. The van der Waals surface area contributed by atoms with Gasteiger partial charge in [0.2, 0.25) is 0 Å². The maximum Gasteiger partial charge on any atom is 0.326 e. The lowest BCUT2D eigenvalue weighted by Crippen LogP contribution is -2.42. The third-order valence-corrected chi connectivity index (χ3v) is 3.63. The van der Waals surface area contributed by atoms with Gasteiger partial charge in [-0.1, -0.05) is 22.9 Å². The fourth-order valence-corrected chi connectivity index (χ4v) is 2.82. The molecule has 1 aromatic carbocycles. The fraction of sp³-hybridized carbons (Fsp3) is 0.538. The van der Waals surface area contributed by atoms with Crippen molar-refractivity contribution in [3.05, 3.63) is 27.7 Å². The molecule has 0 aliphatic carbocycles. The van der Waals surface area contributed by atoms with E-state index < -0.39 is 18.4 Å². The van der Waals surface area contributed by atoms with E-state index in [2.05, 4.69) is 21.2 Å². The molecular formula is C13H14BrF4NO. The number of ether oxygens (including phenoxy) is 1. The van der Waals surface area contributed by atoms with E-state index in [1.54, 1.807) is 13.0 Å².